The van der Waals surface area contributed by atoms with Crippen LogP contribution in [0, 0.1) is 20.8 Å². The number of rotatable bonds is 4. The van der Waals surface area contributed by atoms with Gasteiger partial charge in [0.1, 0.15) is 12.4 Å². The molecule has 0 saturated carbocycles. The predicted octanol–water partition coefficient (Wildman–Crippen LogP) is 2.58. The number of ether oxygens (including phenoxy) is 1. The topological polar surface area (TPSA) is 90.1 Å². The summed E-state index contributed by atoms with van der Waals surface area (Å²) in [6, 6.07) is 3.68. The third kappa shape index (κ3) is 3.71. The second kappa shape index (κ2) is 6.83. The highest BCUT2D eigenvalue weighted by molar-refractivity contribution is 6.32. The van der Waals surface area contributed by atoms with Crippen LogP contribution in [0.1, 0.15) is 32.9 Å². The number of nitrogens with zero attached hydrogens (tertiary/aromatic N) is 2. The number of benzene rings is 1. The van der Waals surface area contributed by atoms with Gasteiger partial charge >= 0.3 is 0 Å². The van der Waals surface area contributed by atoms with Crippen molar-refractivity contribution in [3.63, 3.8) is 0 Å². The van der Waals surface area contributed by atoms with Gasteiger partial charge in [-0.1, -0.05) is 11.6 Å². The van der Waals surface area contributed by atoms with Crippen molar-refractivity contribution in [2.75, 3.05) is 12.8 Å². The molecule has 0 fully saturated rings. The SMILES string of the molecule is CNC(=O)c1c(C)nc(N)nc1COc1cc(C)c(Cl)c(C)c1. The van der Waals surface area contributed by atoms with E-state index in [0.29, 0.717) is 27.7 Å². The van der Waals surface area contributed by atoms with Gasteiger partial charge < -0.3 is 15.8 Å². The molecule has 7 heteroatoms. The van der Waals surface area contributed by atoms with Crippen LogP contribution in [-0.2, 0) is 6.61 Å². The average Bonchev–Trinajstić information content (AvgIpc) is 2.49. The molecule has 1 aromatic carbocycles. The van der Waals surface area contributed by atoms with Crippen molar-refractivity contribution in [2.45, 2.75) is 27.4 Å². The van der Waals surface area contributed by atoms with E-state index in [2.05, 4.69) is 15.3 Å². The van der Waals surface area contributed by atoms with Crippen LogP contribution < -0.4 is 15.8 Å². The van der Waals surface area contributed by atoms with Crippen molar-refractivity contribution >= 4 is 23.5 Å². The minimum absolute atomic E-state index is 0.108. The largest absolute Gasteiger partial charge is 0.487 e. The van der Waals surface area contributed by atoms with Gasteiger partial charge in [-0.05, 0) is 44.0 Å². The first-order valence-corrected chi connectivity index (χ1v) is 7.46. The highest BCUT2D eigenvalue weighted by atomic mass is 35.5. The molecule has 0 unspecified atom stereocenters. The smallest absolute Gasteiger partial charge is 0.254 e. The van der Waals surface area contributed by atoms with Gasteiger partial charge in [-0.3, -0.25) is 4.79 Å². The lowest BCUT2D eigenvalue weighted by molar-refractivity contribution is 0.0959. The molecule has 0 aliphatic rings. The van der Waals surface area contributed by atoms with Crippen molar-refractivity contribution in [1.29, 1.82) is 0 Å². The summed E-state index contributed by atoms with van der Waals surface area (Å²) in [5, 5.41) is 3.29. The summed E-state index contributed by atoms with van der Waals surface area (Å²) >= 11 is 6.15. The van der Waals surface area contributed by atoms with E-state index in [4.69, 9.17) is 22.1 Å². The van der Waals surface area contributed by atoms with Crippen molar-refractivity contribution in [3.05, 3.63) is 45.2 Å². The number of halogens is 1. The van der Waals surface area contributed by atoms with Crippen molar-refractivity contribution in [1.82, 2.24) is 15.3 Å². The summed E-state index contributed by atoms with van der Waals surface area (Å²) in [4.78, 5) is 20.2. The van der Waals surface area contributed by atoms with Crippen LogP contribution in [0.2, 0.25) is 5.02 Å². The monoisotopic (exact) mass is 334 g/mol. The second-order valence-corrected chi connectivity index (χ2v) is 5.61. The van der Waals surface area contributed by atoms with Gasteiger partial charge in [0, 0.05) is 12.1 Å². The lowest BCUT2D eigenvalue weighted by Crippen LogP contribution is -2.23. The number of carbonyl (C=O) groups excluding carboxylic acids is 1. The first kappa shape index (κ1) is 17.0. The van der Waals surface area contributed by atoms with E-state index in [1.807, 2.05) is 26.0 Å². The Morgan fingerprint density at radius 3 is 2.43 bits per heavy atom. The molecular weight excluding hydrogens is 316 g/mol. The summed E-state index contributed by atoms with van der Waals surface area (Å²) in [5.41, 5.74) is 8.86. The molecule has 0 saturated heterocycles. The fourth-order valence-electron chi connectivity index (χ4n) is 2.32. The zero-order valence-electron chi connectivity index (χ0n) is 13.5. The number of nitrogens with two attached hydrogens (primary N) is 1. The Labute approximate surface area is 140 Å². The van der Waals surface area contributed by atoms with E-state index in [-0.39, 0.29) is 18.5 Å². The summed E-state index contributed by atoms with van der Waals surface area (Å²) in [7, 11) is 1.55. The number of amides is 1. The molecule has 1 heterocycles. The highest BCUT2D eigenvalue weighted by Gasteiger charge is 2.17. The summed E-state index contributed by atoms with van der Waals surface area (Å²) in [6.45, 7) is 5.63. The van der Waals surface area contributed by atoms with E-state index in [9.17, 15) is 4.79 Å². The molecule has 0 bridgehead atoms. The van der Waals surface area contributed by atoms with E-state index in [1.165, 1.54) is 0 Å². The molecule has 122 valence electrons. The fourth-order valence-corrected chi connectivity index (χ4v) is 2.43. The van der Waals surface area contributed by atoms with Crippen molar-refractivity contribution in [2.24, 2.45) is 0 Å². The average molecular weight is 335 g/mol. The predicted molar refractivity (Wildman–Crippen MR) is 89.8 cm³/mol. The molecule has 2 rings (SSSR count). The van der Waals surface area contributed by atoms with Gasteiger partial charge in [-0.15, -0.1) is 0 Å². The Morgan fingerprint density at radius 1 is 1.26 bits per heavy atom. The van der Waals surface area contributed by atoms with Crippen LogP contribution in [0.5, 0.6) is 5.75 Å². The zero-order chi connectivity index (χ0) is 17.1. The van der Waals surface area contributed by atoms with Gasteiger partial charge in [0.05, 0.1) is 17.0 Å². The van der Waals surface area contributed by atoms with Crippen LogP contribution >= 0.6 is 11.6 Å². The molecule has 0 aliphatic heterocycles. The number of hydrogen-bond donors (Lipinski definition) is 2. The molecule has 1 aromatic heterocycles. The molecule has 0 spiro atoms. The number of nitrogen functional groups attached to an aromatic ring is 1. The van der Waals surface area contributed by atoms with E-state index >= 15 is 0 Å². The molecular formula is C16H19ClN4O2. The van der Waals surface area contributed by atoms with E-state index in [1.54, 1.807) is 14.0 Å². The number of nitrogens with one attached hydrogen (secondary N) is 1. The van der Waals surface area contributed by atoms with E-state index in [0.717, 1.165) is 11.1 Å². The molecule has 1 amide bonds. The normalized spacial score (nSPS) is 10.5. The Morgan fingerprint density at radius 2 is 1.87 bits per heavy atom. The lowest BCUT2D eigenvalue weighted by Gasteiger charge is -2.13. The Hall–Kier alpha value is -2.34. The van der Waals surface area contributed by atoms with Gasteiger partial charge in [0.25, 0.3) is 5.91 Å². The van der Waals surface area contributed by atoms with Gasteiger partial charge in [0.2, 0.25) is 5.95 Å². The first-order chi connectivity index (χ1) is 10.8. The lowest BCUT2D eigenvalue weighted by atomic mass is 10.1. The number of carbonyl (C=O) groups is 1. The van der Waals surface area contributed by atoms with Crippen LogP contribution in [0.15, 0.2) is 12.1 Å². The third-order valence-electron chi connectivity index (χ3n) is 3.42. The third-order valence-corrected chi connectivity index (χ3v) is 4.02. The summed E-state index contributed by atoms with van der Waals surface area (Å²) in [6.07, 6.45) is 0. The molecule has 0 atom stereocenters. The minimum Gasteiger partial charge on any atom is -0.487 e. The van der Waals surface area contributed by atoms with Crippen LogP contribution in [0.3, 0.4) is 0 Å². The molecule has 0 radical (unpaired) electrons. The number of hydrogen-bond acceptors (Lipinski definition) is 5. The standard InChI is InChI=1S/C16H19ClN4O2/c1-8-5-11(6-9(2)14(8)17)23-7-12-13(15(22)19-4)10(3)20-16(18)21-12/h5-6H,7H2,1-4H3,(H,19,22)(H2,18,20,21). The maximum absolute atomic E-state index is 12.0. The summed E-state index contributed by atoms with van der Waals surface area (Å²) < 4.78 is 5.77. The molecule has 2 aromatic rings. The van der Waals surface area contributed by atoms with Gasteiger partial charge in [-0.25, -0.2) is 9.97 Å². The minimum atomic E-state index is -0.274. The van der Waals surface area contributed by atoms with Crippen molar-refractivity contribution in [3.8, 4) is 5.75 Å². The highest BCUT2D eigenvalue weighted by Crippen LogP contribution is 2.26. The number of anilines is 1. The van der Waals surface area contributed by atoms with Crippen LogP contribution in [0.25, 0.3) is 0 Å². The molecule has 6 nitrogen and oxygen atoms in total. The zero-order valence-corrected chi connectivity index (χ0v) is 14.3. The number of aromatic nitrogens is 2. The van der Waals surface area contributed by atoms with Gasteiger partial charge in [-0.2, -0.15) is 0 Å². The van der Waals surface area contributed by atoms with E-state index < -0.39 is 0 Å². The second-order valence-electron chi connectivity index (χ2n) is 5.23. The fraction of sp³-hybridized carbons (Fsp3) is 0.312. The van der Waals surface area contributed by atoms with Crippen LogP contribution in [-0.4, -0.2) is 22.9 Å². The van der Waals surface area contributed by atoms with Gasteiger partial charge in [0.15, 0.2) is 0 Å². The number of aryl methyl sites for hydroxylation is 3. The Bertz CT molecular complexity index is 739. The summed E-state index contributed by atoms with van der Waals surface area (Å²) in [5.74, 6) is 0.490. The first-order valence-electron chi connectivity index (χ1n) is 7.08. The maximum Gasteiger partial charge on any atom is 0.254 e. The van der Waals surface area contributed by atoms with Crippen molar-refractivity contribution < 1.29 is 9.53 Å². The Kier molecular flexibility index (Phi) is 5.05. The molecule has 3 N–H and O–H groups in total. The molecule has 23 heavy (non-hydrogen) atoms. The quantitative estimate of drug-likeness (QED) is 0.896. The Balaban J connectivity index is 2.32. The van der Waals surface area contributed by atoms with Crippen LogP contribution in [0.4, 0.5) is 5.95 Å². The molecule has 0 aliphatic carbocycles. The maximum atomic E-state index is 12.0.